The lowest BCUT2D eigenvalue weighted by Crippen LogP contribution is -2.28. The van der Waals surface area contributed by atoms with Gasteiger partial charge in [0.15, 0.2) is 0 Å². The van der Waals surface area contributed by atoms with E-state index in [0.29, 0.717) is 31.6 Å². The van der Waals surface area contributed by atoms with Crippen LogP contribution >= 0.6 is 0 Å². The molecule has 0 aromatic heterocycles. The number of benzene rings is 1. The molecule has 1 aromatic carbocycles. The fourth-order valence-corrected chi connectivity index (χ4v) is 2.05. The van der Waals surface area contributed by atoms with Crippen molar-refractivity contribution in [2.75, 3.05) is 30.3 Å². The molecule has 0 unspecified atom stereocenters. The number of hydrogen-bond acceptors (Lipinski definition) is 4. The Bertz CT molecular complexity index is 492. The number of carbonyl (C=O) groups is 1. The number of nitriles is 1. The van der Waals surface area contributed by atoms with Gasteiger partial charge in [0.25, 0.3) is 0 Å². The zero-order valence-corrected chi connectivity index (χ0v) is 10.1. The molecule has 5 nitrogen and oxygen atoms in total. The summed E-state index contributed by atoms with van der Waals surface area (Å²) in [5, 5.41) is 11.6. The number of rotatable bonds is 2. The number of amides is 1. The number of nitrogen functional groups attached to an aromatic ring is 1. The molecule has 94 valence electrons. The van der Waals surface area contributed by atoms with Crippen molar-refractivity contribution in [2.24, 2.45) is 0 Å². The highest BCUT2D eigenvalue weighted by molar-refractivity contribution is 5.77. The molecule has 2 rings (SSSR count). The predicted octanol–water partition coefficient (Wildman–Crippen LogP) is 0.661. The van der Waals surface area contributed by atoms with Crippen LogP contribution in [0.25, 0.3) is 0 Å². The fraction of sp³-hybridized carbons (Fsp3) is 0.385. The average molecular weight is 244 g/mol. The van der Waals surface area contributed by atoms with Gasteiger partial charge in [-0.25, -0.2) is 0 Å². The van der Waals surface area contributed by atoms with E-state index >= 15 is 0 Å². The second kappa shape index (κ2) is 5.41. The van der Waals surface area contributed by atoms with Gasteiger partial charge < -0.3 is 16.0 Å². The van der Waals surface area contributed by atoms with Crippen molar-refractivity contribution in [3.63, 3.8) is 0 Å². The molecule has 1 heterocycles. The molecule has 3 N–H and O–H groups in total. The minimum absolute atomic E-state index is 0.0881. The smallest absolute Gasteiger partial charge is 0.221 e. The van der Waals surface area contributed by atoms with E-state index in [4.69, 9.17) is 11.0 Å². The molecule has 1 saturated heterocycles. The van der Waals surface area contributed by atoms with Crippen LogP contribution in [0.3, 0.4) is 0 Å². The summed E-state index contributed by atoms with van der Waals surface area (Å²) in [6.07, 6.45) is 0.808. The number of nitrogens with zero attached hydrogens (tertiary/aromatic N) is 2. The van der Waals surface area contributed by atoms with Crippen molar-refractivity contribution in [1.29, 1.82) is 5.26 Å². The lowest BCUT2D eigenvalue weighted by atomic mass is 10.1. The van der Waals surface area contributed by atoms with Crippen LogP contribution in [0.15, 0.2) is 18.2 Å². The van der Waals surface area contributed by atoms with E-state index in [2.05, 4.69) is 16.3 Å². The Morgan fingerprint density at radius 2 is 2.28 bits per heavy atom. The maximum atomic E-state index is 11.3. The molecule has 1 aliphatic rings. The van der Waals surface area contributed by atoms with Gasteiger partial charge in [-0.15, -0.1) is 0 Å². The van der Waals surface area contributed by atoms with Gasteiger partial charge in [0.2, 0.25) is 5.91 Å². The lowest BCUT2D eigenvalue weighted by molar-refractivity contribution is -0.120. The second-order valence-corrected chi connectivity index (χ2v) is 4.31. The summed E-state index contributed by atoms with van der Waals surface area (Å²) in [5.74, 6) is 0.0881. The van der Waals surface area contributed by atoms with Crippen LogP contribution in [0.2, 0.25) is 0 Å². The molecule has 1 fully saturated rings. The van der Waals surface area contributed by atoms with Gasteiger partial charge in [-0.1, -0.05) is 0 Å². The lowest BCUT2D eigenvalue weighted by Gasteiger charge is -2.22. The zero-order chi connectivity index (χ0) is 13.0. The highest BCUT2D eigenvalue weighted by Gasteiger charge is 2.14. The van der Waals surface area contributed by atoms with Gasteiger partial charge in [0, 0.05) is 37.4 Å². The van der Waals surface area contributed by atoms with Crippen LogP contribution in [-0.2, 0) is 11.2 Å². The largest absolute Gasteiger partial charge is 0.398 e. The molecule has 0 spiro atoms. The molecule has 0 radical (unpaired) electrons. The quantitative estimate of drug-likeness (QED) is 0.749. The summed E-state index contributed by atoms with van der Waals surface area (Å²) < 4.78 is 0. The van der Waals surface area contributed by atoms with E-state index < -0.39 is 0 Å². The summed E-state index contributed by atoms with van der Waals surface area (Å²) in [6, 6.07) is 7.81. The minimum atomic E-state index is 0.0881. The monoisotopic (exact) mass is 244 g/mol. The minimum Gasteiger partial charge on any atom is -0.398 e. The first-order chi connectivity index (χ1) is 8.70. The SMILES string of the molecule is N#CCc1cc(N2CCNC(=O)CC2)ccc1N. The molecule has 18 heavy (non-hydrogen) atoms. The molecule has 0 aliphatic carbocycles. The van der Waals surface area contributed by atoms with E-state index in [9.17, 15) is 4.79 Å². The normalized spacial score (nSPS) is 15.7. The summed E-state index contributed by atoms with van der Waals surface area (Å²) in [7, 11) is 0. The number of anilines is 2. The molecule has 0 bridgehead atoms. The van der Waals surface area contributed by atoms with E-state index in [-0.39, 0.29) is 5.91 Å². The zero-order valence-electron chi connectivity index (χ0n) is 10.1. The summed E-state index contributed by atoms with van der Waals surface area (Å²) >= 11 is 0. The Kier molecular flexibility index (Phi) is 3.68. The highest BCUT2D eigenvalue weighted by Crippen LogP contribution is 2.22. The molecular formula is C13H16N4O. The van der Waals surface area contributed by atoms with Gasteiger partial charge in [0.05, 0.1) is 12.5 Å². The standard InChI is InChI=1S/C13H16N4O/c14-5-3-10-9-11(1-2-12(10)15)17-7-4-13(18)16-6-8-17/h1-2,9H,3-4,6-8,15H2,(H,16,18). The van der Waals surface area contributed by atoms with Crippen LogP contribution in [0.1, 0.15) is 12.0 Å². The third kappa shape index (κ3) is 2.72. The second-order valence-electron chi connectivity index (χ2n) is 4.31. The van der Waals surface area contributed by atoms with Crippen LogP contribution < -0.4 is 16.0 Å². The first-order valence-corrected chi connectivity index (χ1v) is 5.97. The van der Waals surface area contributed by atoms with Crippen LogP contribution in [-0.4, -0.2) is 25.5 Å². The Hall–Kier alpha value is -2.22. The van der Waals surface area contributed by atoms with Crippen molar-refractivity contribution in [3.05, 3.63) is 23.8 Å². The number of nitrogens with two attached hydrogens (primary N) is 1. The summed E-state index contributed by atoms with van der Waals surface area (Å²) in [5.41, 5.74) is 8.33. The van der Waals surface area contributed by atoms with Crippen molar-refractivity contribution >= 4 is 17.3 Å². The summed E-state index contributed by atoms with van der Waals surface area (Å²) in [6.45, 7) is 2.13. The average Bonchev–Trinajstić information content (AvgIpc) is 2.57. The van der Waals surface area contributed by atoms with Crippen molar-refractivity contribution in [1.82, 2.24) is 5.32 Å². The van der Waals surface area contributed by atoms with Gasteiger partial charge in [-0.05, 0) is 23.8 Å². The maximum Gasteiger partial charge on any atom is 0.221 e. The number of hydrogen-bond donors (Lipinski definition) is 2. The molecule has 1 amide bonds. The third-order valence-electron chi connectivity index (χ3n) is 3.07. The molecule has 1 aromatic rings. The number of nitrogens with one attached hydrogen (secondary N) is 1. The fourth-order valence-electron chi connectivity index (χ4n) is 2.05. The molecule has 1 aliphatic heterocycles. The van der Waals surface area contributed by atoms with E-state index in [0.717, 1.165) is 17.8 Å². The first-order valence-electron chi connectivity index (χ1n) is 5.97. The van der Waals surface area contributed by atoms with E-state index in [1.165, 1.54) is 0 Å². The van der Waals surface area contributed by atoms with Crippen LogP contribution in [0, 0.1) is 11.3 Å². The third-order valence-corrected chi connectivity index (χ3v) is 3.07. The predicted molar refractivity (Wildman–Crippen MR) is 70.0 cm³/mol. The Labute approximate surface area is 106 Å². The molecule has 0 atom stereocenters. The van der Waals surface area contributed by atoms with Crippen LogP contribution in [0.5, 0.6) is 0 Å². The molecule has 5 heteroatoms. The molecule has 0 saturated carbocycles. The van der Waals surface area contributed by atoms with Crippen molar-refractivity contribution < 1.29 is 4.79 Å². The van der Waals surface area contributed by atoms with Gasteiger partial charge in [-0.2, -0.15) is 5.26 Å². The van der Waals surface area contributed by atoms with Crippen molar-refractivity contribution in [2.45, 2.75) is 12.8 Å². The summed E-state index contributed by atoms with van der Waals surface area (Å²) in [4.78, 5) is 13.4. The Balaban J connectivity index is 2.20. The van der Waals surface area contributed by atoms with Crippen LogP contribution in [0.4, 0.5) is 11.4 Å². The van der Waals surface area contributed by atoms with E-state index in [1.807, 2.05) is 18.2 Å². The van der Waals surface area contributed by atoms with E-state index in [1.54, 1.807) is 0 Å². The number of carbonyl (C=O) groups excluding carboxylic acids is 1. The Morgan fingerprint density at radius 3 is 3.06 bits per heavy atom. The van der Waals surface area contributed by atoms with Gasteiger partial charge in [-0.3, -0.25) is 4.79 Å². The maximum absolute atomic E-state index is 11.3. The van der Waals surface area contributed by atoms with Gasteiger partial charge in [0.1, 0.15) is 0 Å². The Morgan fingerprint density at radius 1 is 1.44 bits per heavy atom. The highest BCUT2D eigenvalue weighted by atomic mass is 16.1. The topological polar surface area (TPSA) is 82.2 Å². The first kappa shape index (κ1) is 12.2. The van der Waals surface area contributed by atoms with Crippen molar-refractivity contribution in [3.8, 4) is 6.07 Å². The molecular weight excluding hydrogens is 228 g/mol. The van der Waals surface area contributed by atoms with Gasteiger partial charge >= 0.3 is 0 Å².